The van der Waals surface area contributed by atoms with Crippen molar-refractivity contribution in [3.05, 3.63) is 58.1 Å². The number of benzene rings is 2. The van der Waals surface area contributed by atoms with Crippen LogP contribution in [0.3, 0.4) is 0 Å². The van der Waals surface area contributed by atoms with Gasteiger partial charge in [-0.05, 0) is 37.4 Å². The normalized spacial score (nSPS) is 12.0. The van der Waals surface area contributed by atoms with Crippen molar-refractivity contribution in [1.82, 2.24) is 0 Å². The van der Waals surface area contributed by atoms with Crippen LogP contribution in [0, 0.1) is 0 Å². The molecule has 3 nitrogen and oxygen atoms in total. The Morgan fingerprint density at radius 1 is 1.26 bits per heavy atom. The third-order valence-corrected chi connectivity index (χ3v) is 4.85. The van der Waals surface area contributed by atoms with Crippen molar-refractivity contribution in [1.29, 1.82) is 0 Å². The van der Waals surface area contributed by atoms with Crippen LogP contribution in [0.2, 0.25) is 10.0 Å². The smallest absolute Gasteiger partial charge is 0.279 e. The highest BCUT2D eigenvalue weighted by Gasteiger charge is 2.15. The second kappa shape index (κ2) is 8.60. The zero-order chi connectivity index (χ0) is 16.8. The van der Waals surface area contributed by atoms with Gasteiger partial charge in [0.1, 0.15) is 6.04 Å². The number of quaternary nitrogens is 1. The van der Waals surface area contributed by atoms with Gasteiger partial charge in [-0.25, -0.2) is 0 Å². The number of carbonyl (C=O) groups excluding carboxylic acids is 1. The summed E-state index contributed by atoms with van der Waals surface area (Å²) in [6.07, 6.45) is 1.99. The molecule has 2 rings (SSSR count). The third kappa shape index (κ3) is 5.15. The highest BCUT2D eigenvalue weighted by Crippen LogP contribution is 2.25. The van der Waals surface area contributed by atoms with Gasteiger partial charge in [0.05, 0.1) is 10.7 Å². The van der Waals surface area contributed by atoms with Gasteiger partial charge >= 0.3 is 0 Å². The average molecular weight is 370 g/mol. The summed E-state index contributed by atoms with van der Waals surface area (Å²) in [7, 11) is 0. The molecule has 0 unspecified atom stereocenters. The summed E-state index contributed by atoms with van der Waals surface area (Å²) in [6.45, 7) is 2.33. The molecule has 0 aliphatic heterocycles. The van der Waals surface area contributed by atoms with Gasteiger partial charge < -0.3 is 10.6 Å². The molecule has 0 bridgehead atoms. The molecule has 0 aliphatic rings. The molecule has 0 aliphatic carbocycles. The predicted molar refractivity (Wildman–Crippen MR) is 98.5 cm³/mol. The van der Waals surface area contributed by atoms with Crippen LogP contribution in [0.4, 0.5) is 5.69 Å². The topological polar surface area (TPSA) is 45.7 Å². The second-order valence-corrected chi connectivity index (χ2v) is 6.83. The molecule has 0 saturated carbocycles. The number of thioether (sulfide) groups is 1. The number of para-hydroxylation sites is 1. The number of amides is 1. The van der Waals surface area contributed by atoms with Crippen molar-refractivity contribution in [2.24, 2.45) is 0 Å². The van der Waals surface area contributed by atoms with Crippen molar-refractivity contribution in [3.8, 4) is 0 Å². The van der Waals surface area contributed by atoms with E-state index in [1.165, 1.54) is 0 Å². The average Bonchev–Trinajstić information content (AvgIpc) is 2.53. The number of nitrogens with two attached hydrogens (primary N) is 1. The van der Waals surface area contributed by atoms with E-state index in [4.69, 9.17) is 23.2 Å². The molecule has 23 heavy (non-hydrogen) atoms. The van der Waals surface area contributed by atoms with E-state index in [9.17, 15) is 4.79 Å². The zero-order valence-electron chi connectivity index (χ0n) is 13.0. The van der Waals surface area contributed by atoms with E-state index in [1.54, 1.807) is 17.8 Å². The highest BCUT2D eigenvalue weighted by molar-refractivity contribution is 7.98. The molecule has 0 saturated heterocycles. The van der Waals surface area contributed by atoms with E-state index in [-0.39, 0.29) is 11.9 Å². The molecule has 0 aromatic heterocycles. The Balaban J connectivity index is 1.93. The third-order valence-electron chi connectivity index (χ3n) is 3.49. The summed E-state index contributed by atoms with van der Waals surface area (Å²) in [5.41, 5.74) is 1.81. The lowest BCUT2D eigenvalue weighted by Gasteiger charge is -2.13. The number of anilines is 1. The number of rotatable bonds is 6. The number of halogens is 2. The van der Waals surface area contributed by atoms with Crippen LogP contribution in [-0.4, -0.2) is 18.7 Å². The van der Waals surface area contributed by atoms with Crippen molar-refractivity contribution in [2.45, 2.75) is 17.9 Å². The minimum Gasteiger partial charge on any atom is -0.332 e. The molecule has 0 heterocycles. The minimum atomic E-state index is -0.0385. The summed E-state index contributed by atoms with van der Waals surface area (Å²) >= 11 is 13.7. The fraction of sp³-hybridized carbons (Fsp3) is 0.235. The van der Waals surface area contributed by atoms with E-state index in [1.807, 2.05) is 54.9 Å². The predicted octanol–water partition coefficient (Wildman–Crippen LogP) is 3.98. The SMILES string of the molecule is CSc1ccccc1NC(=O)C[NH2+][C@H](C)c1ccc(Cl)cc1Cl. The van der Waals surface area contributed by atoms with Crippen LogP contribution < -0.4 is 10.6 Å². The summed E-state index contributed by atoms with van der Waals surface area (Å²) in [6, 6.07) is 13.3. The van der Waals surface area contributed by atoms with Crippen LogP contribution in [0.1, 0.15) is 18.5 Å². The molecule has 1 atom stereocenters. The molecule has 0 spiro atoms. The van der Waals surface area contributed by atoms with Gasteiger partial charge in [0.2, 0.25) is 0 Å². The van der Waals surface area contributed by atoms with Gasteiger partial charge in [0, 0.05) is 15.5 Å². The van der Waals surface area contributed by atoms with Gasteiger partial charge in [0.15, 0.2) is 6.54 Å². The first kappa shape index (κ1) is 18.1. The number of hydrogen-bond acceptors (Lipinski definition) is 2. The van der Waals surface area contributed by atoms with E-state index in [0.29, 0.717) is 16.6 Å². The molecule has 2 aromatic rings. The summed E-state index contributed by atoms with van der Waals surface area (Å²) in [5, 5.41) is 6.13. The van der Waals surface area contributed by atoms with Crippen molar-refractivity contribution in [2.75, 3.05) is 18.1 Å². The maximum absolute atomic E-state index is 12.1. The Hall–Kier alpha value is -1.20. The lowest BCUT2D eigenvalue weighted by molar-refractivity contribution is -0.682. The fourth-order valence-corrected chi connectivity index (χ4v) is 3.36. The lowest BCUT2D eigenvalue weighted by atomic mass is 10.1. The standard InChI is InChI=1S/C17H18Cl2N2OS/c1-11(13-8-7-12(18)9-14(13)19)20-10-17(22)21-15-5-3-4-6-16(15)23-2/h3-9,11,20H,10H2,1-2H3,(H,21,22)/p+1/t11-/m1/s1. The van der Waals surface area contributed by atoms with E-state index in [0.717, 1.165) is 16.1 Å². The van der Waals surface area contributed by atoms with Crippen molar-refractivity contribution < 1.29 is 10.1 Å². The first-order chi connectivity index (χ1) is 11.0. The Morgan fingerprint density at radius 2 is 2.00 bits per heavy atom. The maximum Gasteiger partial charge on any atom is 0.279 e. The molecule has 3 N–H and O–H groups in total. The Bertz CT molecular complexity index is 694. The Morgan fingerprint density at radius 3 is 2.70 bits per heavy atom. The van der Waals surface area contributed by atoms with Gasteiger partial charge in [-0.1, -0.05) is 41.4 Å². The first-order valence-corrected chi connectivity index (χ1v) is 9.20. The van der Waals surface area contributed by atoms with Crippen LogP contribution in [0.5, 0.6) is 0 Å². The molecule has 2 aromatic carbocycles. The number of nitrogens with one attached hydrogen (secondary N) is 1. The minimum absolute atomic E-state index is 0.0385. The summed E-state index contributed by atoms with van der Waals surface area (Å²) in [4.78, 5) is 13.2. The van der Waals surface area contributed by atoms with Crippen LogP contribution in [0.15, 0.2) is 47.4 Å². The Kier molecular flexibility index (Phi) is 6.78. The number of carbonyl (C=O) groups is 1. The molecule has 0 radical (unpaired) electrons. The van der Waals surface area contributed by atoms with Crippen LogP contribution in [-0.2, 0) is 4.79 Å². The largest absolute Gasteiger partial charge is 0.332 e. The Labute approximate surface area is 150 Å². The summed E-state index contributed by atoms with van der Waals surface area (Å²) in [5.74, 6) is -0.0385. The summed E-state index contributed by atoms with van der Waals surface area (Å²) < 4.78 is 0. The molecular weight excluding hydrogens is 351 g/mol. The van der Waals surface area contributed by atoms with Gasteiger partial charge in [-0.15, -0.1) is 11.8 Å². The molecule has 0 fully saturated rings. The van der Waals surface area contributed by atoms with Crippen LogP contribution >= 0.6 is 35.0 Å². The van der Waals surface area contributed by atoms with Gasteiger partial charge in [0.25, 0.3) is 5.91 Å². The van der Waals surface area contributed by atoms with E-state index < -0.39 is 0 Å². The second-order valence-electron chi connectivity index (χ2n) is 5.14. The quantitative estimate of drug-likeness (QED) is 0.756. The molecule has 6 heteroatoms. The van der Waals surface area contributed by atoms with Gasteiger partial charge in [-0.2, -0.15) is 0 Å². The van der Waals surface area contributed by atoms with Crippen molar-refractivity contribution in [3.63, 3.8) is 0 Å². The van der Waals surface area contributed by atoms with Gasteiger partial charge in [-0.3, -0.25) is 4.79 Å². The molecule has 1 amide bonds. The molecule has 122 valence electrons. The van der Waals surface area contributed by atoms with Crippen molar-refractivity contribution >= 4 is 46.6 Å². The zero-order valence-corrected chi connectivity index (χ0v) is 15.3. The van der Waals surface area contributed by atoms with Crippen LogP contribution in [0.25, 0.3) is 0 Å². The maximum atomic E-state index is 12.1. The first-order valence-electron chi connectivity index (χ1n) is 7.22. The fourth-order valence-electron chi connectivity index (χ4n) is 2.23. The highest BCUT2D eigenvalue weighted by atomic mass is 35.5. The van der Waals surface area contributed by atoms with E-state index >= 15 is 0 Å². The number of hydrogen-bond donors (Lipinski definition) is 2. The molecular formula is C17H19Cl2N2OS+. The lowest BCUT2D eigenvalue weighted by Crippen LogP contribution is -2.86. The monoisotopic (exact) mass is 369 g/mol. The van der Waals surface area contributed by atoms with E-state index in [2.05, 4.69) is 5.32 Å².